The topological polar surface area (TPSA) is 41.0 Å². The molecule has 0 radical (unpaired) electrons. The van der Waals surface area contributed by atoms with E-state index < -0.39 is 0 Å². The van der Waals surface area contributed by atoms with E-state index >= 15 is 0 Å². The van der Waals surface area contributed by atoms with Gasteiger partial charge in [0.25, 0.3) is 0 Å². The Bertz CT molecular complexity index is 1120. The minimum Gasteiger partial charge on any atom is -0.357 e. The van der Waals surface area contributed by atoms with E-state index in [1.807, 2.05) is 28.8 Å². The highest BCUT2D eigenvalue weighted by Crippen LogP contribution is 2.27. The molecule has 126 valence electrons. The fraction of sp³-hybridized carbons (Fsp3) is 0.250. The molecule has 0 amide bonds. The van der Waals surface area contributed by atoms with Gasteiger partial charge >= 0.3 is 4.87 Å². The van der Waals surface area contributed by atoms with Crippen LogP contribution >= 0.6 is 11.3 Å². The van der Waals surface area contributed by atoms with Crippen LogP contribution in [0, 0.1) is 0 Å². The predicted molar refractivity (Wildman–Crippen MR) is 103 cm³/mol. The molecule has 2 aromatic heterocycles. The van der Waals surface area contributed by atoms with Gasteiger partial charge in [-0.25, -0.2) is 0 Å². The van der Waals surface area contributed by atoms with Crippen molar-refractivity contribution in [1.29, 1.82) is 0 Å². The number of rotatable bonds is 3. The van der Waals surface area contributed by atoms with Gasteiger partial charge in [0.1, 0.15) is 0 Å². The Balaban J connectivity index is 1.37. The number of aromatic amines is 1. The molecule has 2 aromatic carbocycles. The number of hydrogen-bond acceptors (Lipinski definition) is 3. The standard InChI is InChI=1S/C20H19N3OS/c24-20-23(18-7-3-4-8-19(18)25-20)12-11-22-10-9-15-14-5-1-2-6-16(14)21-17(15)13-22/h1-8,21H,9-13H2. The summed E-state index contributed by atoms with van der Waals surface area (Å²) in [4.78, 5) is 18.4. The van der Waals surface area contributed by atoms with Gasteiger partial charge in [-0.1, -0.05) is 41.7 Å². The van der Waals surface area contributed by atoms with Crippen molar-refractivity contribution in [2.45, 2.75) is 19.5 Å². The smallest absolute Gasteiger partial charge is 0.308 e. The molecule has 0 saturated carbocycles. The summed E-state index contributed by atoms with van der Waals surface area (Å²) in [5.74, 6) is 0. The van der Waals surface area contributed by atoms with Gasteiger partial charge in [-0.3, -0.25) is 14.3 Å². The van der Waals surface area contributed by atoms with E-state index in [2.05, 4.69) is 34.1 Å². The van der Waals surface area contributed by atoms with Crippen LogP contribution in [-0.2, 0) is 19.5 Å². The van der Waals surface area contributed by atoms with E-state index in [4.69, 9.17) is 0 Å². The van der Waals surface area contributed by atoms with E-state index in [0.717, 1.165) is 42.8 Å². The Morgan fingerprint density at radius 3 is 2.84 bits per heavy atom. The number of thiazole rings is 1. The minimum absolute atomic E-state index is 0.143. The molecule has 1 N–H and O–H groups in total. The number of fused-ring (bicyclic) bond motifs is 4. The number of aromatic nitrogens is 2. The zero-order chi connectivity index (χ0) is 16.8. The summed E-state index contributed by atoms with van der Waals surface area (Å²) in [7, 11) is 0. The minimum atomic E-state index is 0.143. The van der Waals surface area contributed by atoms with Crippen molar-refractivity contribution in [2.24, 2.45) is 0 Å². The van der Waals surface area contributed by atoms with E-state index in [-0.39, 0.29) is 4.87 Å². The zero-order valence-electron chi connectivity index (χ0n) is 13.9. The monoisotopic (exact) mass is 349 g/mol. The zero-order valence-corrected chi connectivity index (χ0v) is 14.7. The molecular weight excluding hydrogens is 330 g/mol. The molecule has 5 heteroatoms. The highest BCUT2D eigenvalue weighted by Gasteiger charge is 2.20. The van der Waals surface area contributed by atoms with Crippen molar-refractivity contribution in [3.05, 3.63) is 69.5 Å². The molecular formula is C20H19N3OS. The van der Waals surface area contributed by atoms with Crippen LogP contribution in [0.1, 0.15) is 11.3 Å². The summed E-state index contributed by atoms with van der Waals surface area (Å²) in [6.45, 7) is 3.63. The molecule has 4 nitrogen and oxygen atoms in total. The van der Waals surface area contributed by atoms with Crippen molar-refractivity contribution < 1.29 is 0 Å². The number of H-pyrrole nitrogens is 1. The molecule has 4 aromatic rings. The van der Waals surface area contributed by atoms with Crippen molar-refractivity contribution in [3.8, 4) is 0 Å². The second-order valence-electron chi connectivity index (χ2n) is 6.64. The molecule has 1 aliphatic heterocycles. The molecule has 0 spiro atoms. The Morgan fingerprint density at radius 1 is 1.04 bits per heavy atom. The average Bonchev–Trinajstić information content (AvgIpc) is 3.16. The van der Waals surface area contributed by atoms with Crippen molar-refractivity contribution in [1.82, 2.24) is 14.5 Å². The van der Waals surface area contributed by atoms with Crippen LogP contribution < -0.4 is 4.87 Å². The summed E-state index contributed by atoms with van der Waals surface area (Å²) in [5.41, 5.74) is 5.08. The van der Waals surface area contributed by atoms with Gasteiger partial charge < -0.3 is 4.98 Å². The van der Waals surface area contributed by atoms with Crippen LogP contribution in [0.25, 0.3) is 21.1 Å². The van der Waals surface area contributed by atoms with E-state index in [9.17, 15) is 4.79 Å². The number of nitrogens with zero attached hydrogens (tertiary/aromatic N) is 2. The van der Waals surface area contributed by atoms with Gasteiger partial charge in [-0.2, -0.15) is 0 Å². The quantitative estimate of drug-likeness (QED) is 0.614. The largest absolute Gasteiger partial charge is 0.357 e. The molecule has 25 heavy (non-hydrogen) atoms. The number of benzene rings is 2. The maximum atomic E-state index is 12.3. The lowest BCUT2D eigenvalue weighted by molar-refractivity contribution is 0.242. The Labute approximate surface area is 149 Å². The van der Waals surface area contributed by atoms with E-state index in [0.29, 0.717) is 0 Å². The van der Waals surface area contributed by atoms with Gasteiger partial charge in [0.05, 0.1) is 10.2 Å². The molecule has 3 heterocycles. The van der Waals surface area contributed by atoms with Crippen molar-refractivity contribution in [3.63, 3.8) is 0 Å². The first-order valence-corrected chi connectivity index (χ1v) is 9.50. The fourth-order valence-corrected chi connectivity index (χ4v) is 4.82. The summed E-state index contributed by atoms with van der Waals surface area (Å²) in [6.07, 6.45) is 1.07. The maximum Gasteiger partial charge on any atom is 0.308 e. The SMILES string of the molecule is O=c1sc2ccccc2n1CCN1CCc2c([nH]c3ccccc23)C1. The third-order valence-electron chi connectivity index (χ3n) is 5.18. The first-order valence-electron chi connectivity index (χ1n) is 8.69. The molecule has 5 rings (SSSR count). The second kappa shape index (κ2) is 5.86. The van der Waals surface area contributed by atoms with Gasteiger partial charge in [-0.15, -0.1) is 0 Å². The Morgan fingerprint density at radius 2 is 1.88 bits per heavy atom. The Hall–Kier alpha value is -2.37. The highest BCUT2D eigenvalue weighted by atomic mass is 32.1. The molecule has 0 unspecified atom stereocenters. The van der Waals surface area contributed by atoms with Crippen LogP contribution in [0.3, 0.4) is 0 Å². The van der Waals surface area contributed by atoms with Gasteiger partial charge in [0, 0.05) is 42.8 Å². The van der Waals surface area contributed by atoms with Crippen LogP contribution in [0.5, 0.6) is 0 Å². The average molecular weight is 349 g/mol. The predicted octanol–water partition coefficient (Wildman–Crippen LogP) is 3.60. The van der Waals surface area contributed by atoms with Crippen LogP contribution in [-0.4, -0.2) is 27.5 Å². The van der Waals surface area contributed by atoms with Crippen LogP contribution in [0.2, 0.25) is 0 Å². The lowest BCUT2D eigenvalue weighted by atomic mass is 10.0. The molecule has 0 saturated heterocycles. The van der Waals surface area contributed by atoms with Gasteiger partial charge in [0.15, 0.2) is 0 Å². The van der Waals surface area contributed by atoms with E-state index in [1.165, 1.54) is 33.5 Å². The van der Waals surface area contributed by atoms with Crippen LogP contribution in [0.4, 0.5) is 0 Å². The molecule has 0 fully saturated rings. The number of nitrogens with one attached hydrogen (secondary N) is 1. The fourth-order valence-electron chi connectivity index (χ4n) is 3.91. The summed E-state index contributed by atoms with van der Waals surface area (Å²) in [5, 5.41) is 1.36. The first-order chi connectivity index (χ1) is 12.3. The van der Waals surface area contributed by atoms with Crippen LogP contribution in [0.15, 0.2) is 53.3 Å². The molecule has 0 atom stereocenters. The third-order valence-corrected chi connectivity index (χ3v) is 6.14. The summed E-state index contributed by atoms with van der Waals surface area (Å²) < 4.78 is 2.99. The van der Waals surface area contributed by atoms with E-state index in [1.54, 1.807) is 0 Å². The molecule has 0 aliphatic carbocycles. The summed E-state index contributed by atoms with van der Waals surface area (Å²) in [6, 6.07) is 16.6. The molecule has 1 aliphatic rings. The lowest BCUT2D eigenvalue weighted by Crippen LogP contribution is -2.34. The number of para-hydroxylation sites is 2. The molecule has 0 bridgehead atoms. The first kappa shape index (κ1) is 14.9. The Kier molecular flexibility index (Phi) is 3.50. The van der Waals surface area contributed by atoms with Crippen molar-refractivity contribution in [2.75, 3.05) is 13.1 Å². The second-order valence-corrected chi connectivity index (χ2v) is 7.63. The normalized spacial score (nSPS) is 15.0. The number of hydrogen-bond donors (Lipinski definition) is 1. The highest BCUT2D eigenvalue weighted by molar-refractivity contribution is 7.16. The van der Waals surface area contributed by atoms with Gasteiger partial charge in [-0.05, 0) is 30.2 Å². The maximum absolute atomic E-state index is 12.3. The lowest BCUT2D eigenvalue weighted by Gasteiger charge is -2.27. The third kappa shape index (κ3) is 2.51. The summed E-state index contributed by atoms with van der Waals surface area (Å²) >= 11 is 1.34. The van der Waals surface area contributed by atoms with Gasteiger partial charge in [0.2, 0.25) is 0 Å². The van der Waals surface area contributed by atoms with Crippen molar-refractivity contribution >= 4 is 32.5 Å².